The van der Waals surface area contributed by atoms with Gasteiger partial charge >= 0.3 is 0 Å². The van der Waals surface area contributed by atoms with Crippen molar-refractivity contribution in [2.75, 3.05) is 26.2 Å². The molecule has 2 aliphatic rings. The Balaban J connectivity index is 1.74. The molecule has 0 aromatic heterocycles. The van der Waals surface area contributed by atoms with Gasteiger partial charge in [-0.1, -0.05) is 0 Å². The smallest absolute Gasteiger partial charge is 0.256 e. The third-order valence-corrected chi connectivity index (χ3v) is 4.47. The van der Waals surface area contributed by atoms with Crippen LogP contribution in [0, 0.1) is 23.5 Å². The Morgan fingerprint density at radius 1 is 1.15 bits per heavy atom. The minimum absolute atomic E-state index is 0.0309. The molecule has 1 amide bonds. The van der Waals surface area contributed by atoms with Crippen molar-refractivity contribution in [2.45, 2.75) is 12.8 Å². The van der Waals surface area contributed by atoms with E-state index in [0.29, 0.717) is 24.9 Å². The number of likely N-dealkylation sites (tertiary alicyclic amines) is 1. The summed E-state index contributed by atoms with van der Waals surface area (Å²) in [4.78, 5) is 14.1. The molecular weight excluding hydrogens is 262 g/mol. The maximum Gasteiger partial charge on any atom is 0.256 e. The number of carbonyl (C=O) groups is 1. The Bertz CT molecular complexity index is 507. The summed E-state index contributed by atoms with van der Waals surface area (Å²) in [5.74, 6) is -0.524. The van der Waals surface area contributed by atoms with Gasteiger partial charge in [0.25, 0.3) is 5.91 Å². The highest BCUT2D eigenvalue weighted by Gasteiger charge is 2.32. The normalized spacial score (nSPS) is 26.2. The van der Waals surface area contributed by atoms with E-state index in [1.54, 1.807) is 4.90 Å². The van der Waals surface area contributed by atoms with Crippen LogP contribution in [-0.2, 0) is 0 Å². The zero-order valence-corrected chi connectivity index (χ0v) is 11.2. The number of amides is 1. The first-order chi connectivity index (χ1) is 9.65. The van der Waals surface area contributed by atoms with Gasteiger partial charge in [0.15, 0.2) is 0 Å². The highest BCUT2D eigenvalue weighted by atomic mass is 19.1. The van der Waals surface area contributed by atoms with Crippen molar-refractivity contribution in [3.63, 3.8) is 0 Å². The molecule has 2 heterocycles. The van der Waals surface area contributed by atoms with E-state index in [9.17, 15) is 13.6 Å². The quantitative estimate of drug-likeness (QED) is 0.854. The lowest BCUT2D eigenvalue weighted by atomic mass is 9.92. The number of benzene rings is 1. The first-order valence-corrected chi connectivity index (χ1v) is 7.10. The number of nitrogens with zero attached hydrogens (tertiary/aromatic N) is 1. The van der Waals surface area contributed by atoms with E-state index >= 15 is 0 Å². The Labute approximate surface area is 117 Å². The van der Waals surface area contributed by atoms with E-state index in [1.807, 2.05) is 0 Å². The highest BCUT2D eigenvalue weighted by molar-refractivity contribution is 5.94. The average Bonchev–Trinajstić information content (AvgIpc) is 2.77. The number of fused-ring (bicyclic) bond motifs is 1. The van der Waals surface area contributed by atoms with E-state index in [2.05, 4.69) is 5.32 Å². The zero-order valence-electron chi connectivity index (χ0n) is 11.2. The lowest BCUT2D eigenvalue weighted by Gasteiger charge is -2.21. The number of hydrogen-bond donors (Lipinski definition) is 1. The van der Waals surface area contributed by atoms with Gasteiger partial charge in [-0.15, -0.1) is 0 Å². The monoisotopic (exact) mass is 280 g/mol. The topological polar surface area (TPSA) is 32.3 Å². The fourth-order valence-electron chi connectivity index (χ4n) is 3.25. The second-order valence-corrected chi connectivity index (χ2v) is 5.67. The number of halogens is 2. The van der Waals surface area contributed by atoms with Crippen LogP contribution in [0.15, 0.2) is 18.2 Å². The minimum atomic E-state index is -0.777. The van der Waals surface area contributed by atoms with Crippen LogP contribution in [0.4, 0.5) is 8.78 Å². The molecule has 1 N–H and O–H groups in total. The minimum Gasteiger partial charge on any atom is -0.339 e. The standard InChI is InChI=1S/C15H18F2N2O/c16-12-1-2-13(14(17)7-12)15(20)19-5-3-10-8-18-9-11(10)4-6-19/h1-2,7,10-11,18H,3-6,8-9H2/t10-,11+. The molecule has 1 aromatic rings. The lowest BCUT2D eigenvalue weighted by molar-refractivity contribution is 0.0753. The molecule has 0 aliphatic carbocycles. The van der Waals surface area contributed by atoms with Crippen LogP contribution in [0.1, 0.15) is 23.2 Å². The first kappa shape index (κ1) is 13.5. The summed E-state index contributed by atoms with van der Waals surface area (Å²) in [6.07, 6.45) is 1.90. The van der Waals surface area contributed by atoms with Crippen molar-refractivity contribution < 1.29 is 13.6 Å². The van der Waals surface area contributed by atoms with Crippen molar-refractivity contribution in [1.29, 1.82) is 0 Å². The molecule has 0 spiro atoms. The van der Waals surface area contributed by atoms with Gasteiger partial charge in [0, 0.05) is 19.2 Å². The predicted molar refractivity (Wildman–Crippen MR) is 71.3 cm³/mol. The Hall–Kier alpha value is -1.49. The molecule has 2 saturated heterocycles. The molecule has 0 radical (unpaired) electrons. The molecule has 1 aromatic carbocycles. The second-order valence-electron chi connectivity index (χ2n) is 5.67. The van der Waals surface area contributed by atoms with Gasteiger partial charge in [-0.25, -0.2) is 8.78 Å². The van der Waals surface area contributed by atoms with E-state index < -0.39 is 11.6 Å². The summed E-state index contributed by atoms with van der Waals surface area (Å²) in [5.41, 5.74) is -0.0309. The van der Waals surface area contributed by atoms with Gasteiger partial charge in [-0.05, 0) is 49.9 Å². The molecule has 20 heavy (non-hydrogen) atoms. The van der Waals surface area contributed by atoms with E-state index in [4.69, 9.17) is 0 Å². The fourth-order valence-corrected chi connectivity index (χ4v) is 3.25. The molecule has 2 atom stereocenters. The maximum atomic E-state index is 13.7. The summed E-state index contributed by atoms with van der Waals surface area (Å²) < 4.78 is 26.6. The Morgan fingerprint density at radius 3 is 2.40 bits per heavy atom. The summed E-state index contributed by atoms with van der Waals surface area (Å²) in [7, 11) is 0. The number of carbonyl (C=O) groups excluding carboxylic acids is 1. The van der Waals surface area contributed by atoms with E-state index in [-0.39, 0.29) is 11.5 Å². The van der Waals surface area contributed by atoms with Crippen LogP contribution < -0.4 is 5.32 Å². The summed E-state index contributed by atoms with van der Waals surface area (Å²) in [6, 6.07) is 3.14. The van der Waals surface area contributed by atoms with Crippen LogP contribution >= 0.6 is 0 Å². The number of hydrogen-bond acceptors (Lipinski definition) is 2. The molecule has 3 nitrogen and oxygen atoms in total. The zero-order chi connectivity index (χ0) is 14.1. The molecule has 2 aliphatic heterocycles. The van der Waals surface area contributed by atoms with Crippen LogP contribution in [0.25, 0.3) is 0 Å². The van der Waals surface area contributed by atoms with Gasteiger partial charge in [-0.2, -0.15) is 0 Å². The maximum absolute atomic E-state index is 13.7. The van der Waals surface area contributed by atoms with Crippen LogP contribution in [0.5, 0.6) is 0 Å². The van der Waals surface area contributed by atoms with Crippen molar-refractivity contribution >= 4 is 5.91 Å². The molecule has 3 rings (SSSR count). The molecule has 0 bridgehead atoms. The SMILES string of the molecule is O=C(c1ccc(F)cc1F)N1CC[C@@H]2CNC[C@@H]2CC1. The fraction of sp³-hybridized carbons (Fsp3) is 0.533. The molecule has 0 saturated carbocycles. The van der Waals surface area contributed by atoms with E-state index in [1.165, 1.54) is 6.07 Å². The Kier molecular flexibility index (Phi) is 3.70. The first-order valence-electron chi connectivity index (χ1n) is 7.10. The number of rotatable bonds is 1. The van der Waals surface area contributed by atoms with E-state index in [0.717, 1.165) is 38.1 Å². The van der Waals surface area contributed by atoms with Gasteiger partial charge in [0.1, 0.15) is 11.6 Å². The van der Waals surface area contributed by atoms with Crippen LogP contribution in [0.2, 0.25) is 0 Å². The molecule has 5 heteroatoms. The van der Waals surface area contributed by atoms with Crippen LogP contribution in [0.3, 0.4) is 0 Å². The largest absolute Gasteiger partial charge is 0.339 e. The third-order valence-electron chi connectivity index (χ3n) is 4.47. The molecule has 2 fully saturated rings. The highest BCUT2D eigenvalue weighted by Crippen LogP contribution is 2.27. The Morgan fingerprint density at radius 2 is 1.80 bits per heavy atom. The molecular formula is C15H18F2N2O. The third kappa shape index (κ3) is 2.54. The van der Waals surface area contributed by atoms with Crippen molar-refractivity contribution in [3.8, 4) is 0 Å². The van der Waals surface area contributed by atoms with Gasteiger partial charge in [0.2, 0.25) is 0 Å². The van der Waals surface area contributed by atoms with Gasteiger partial charge < -0.3 is 10.2 Å². The lowest BCUT2D eigenvalue weighted by Crippen LogP contribution is -2.33. The number of nitrogens with one attached hydrogen (secondary N) is 1. The van der Waals surface area contributed by atoms with Gasteiger partial charge in [-0.3, -0.25) is 4.79 Å². The predicted octanol–water partition coefficient (Wildman–Crippen LogP) is 2.04. The van der Waals surface area contributed by atoms with Crippen molar-refractivity contribution in [2.24, 2.45) is 11.8 Å². The average molecular weight is 280 g/mol. The summed E-state index contributed by atoms with van der Waals surface area (Å²) in [5, 5.41) is 3.38. The van der Waals surface area contributed by atoms with Crippen molar-refractivity contribution in [1.82, 2.24) is 10.2 Å². The molecule has 0 unspecified atom stereocenters. The second kappa shape index (κ2) is 5.48. The summed E-state index contributed by atoms with van der Waals surface area (Å²) in [6.45, 7) is 3.33. The van der Waals surface area contributed by atoms with Crippen LogP contribution in [-0.4, -0.2) is 37.0 Å². The summed E-state index contributed by atoms with van der Waals surface area (Å²) >= 11 is 0. The van der Waals surface area contributed by atoms with Gasteiger partial charge in [0.05, 0.1) is 5.56 Å². The molecule has 108 valence electrons. The van der Waals surface area contributed by atoms with Crippen molar-refractivity contribution in [3.05, 3.63) is 35.4 Å².